The number of aromatic nitrogens is 2. The molecule has 1 aromatic carbocycles. The molecule has 0 fully saturated rings. The second kappa shape index (κ2) is 4.71. The molecular formula is C12H13BrN4. The third-order valence-corrected chi connectivity index (χ3v) is 2.94. The van der Waals surface area contributed by atoms with Crippen molar-refractivity contribution in [1.82, 2.24) is 9.97 Å². The van der Waals surface area contributed by atoms with Gasteiger partial charge in [0.15, 0.2) is 0 Å². The van der Waals surface area contributed by atoms with Crippen LogP contribution >= 0.6 is 15.9 Å². The van der Waals surface area contributed by atoms with Crippen molar-refractivity contribution in [3.05, 3.63) is 40.0 Å². The van der Waals surface area contributed by atoms with Crippen LogP contribution in [-0.4, -0.2) is 9.97 Å². The maximum absolute atomic E-state index is 5.58. The first-order valence-electron chi connectivity index (χ1n) is 5.18. The van der Waals surface area contributed by atoms with E-state index in [0.29, 0.717) is 0 Å². The van der Waals surface area contributed by atoms with Gasteiger partial charge < -0.3 is 11.1 Å². The highest BCUT2D eigenvalue weighted by atomic mass is 79.9. The van der Waals surface area contributed by atoms with E-state index in [4.69, 9.17) is 5.73 Å². The van der Waals surface area contributed by atoms with Crippen LogP contribution in [0.2, 0.25) is 0 Å². The average Bonchev–Trinajstić information content (AvgIpc) is 2.28. The Balaban J connectivity index is 2.37. The highest BCUT2D eigenvalue weighted by Gasteiger charge is 2.05. The molecule has 3 N–H and O–H groups in total. The zero-order valence-electron chi connectivity index (χ0n) is 9.66. The van der Waals surface area contributed by atoms with E-state index in [0.717, 1.165) is 27.1 Å². The van der Waals surface area contributed by atoms with Crippen LogP contribution < -0.4 is 11.1 Å². The molecule has 0 saturated carbocycles. The first kappa shape index (κ1) is 11.9. The van der Waals surface area contributed by atoms with E-state index in [1.807, 2.05) is 32.0 Å². The van der Waals surface area contributed by atoms with Gasteiger partial charge in [-0.05, 0) is 31.5 Å². The molecule has 4 nitrogen and oxygen atoms in total. The van der Waals surface area contributed by atoms with Crippen LogP contribution in [0, 0.1) is 13.8 Å². The largest absolute Gasteiger partial charge is 0.368 e. The Morgan fingerprint density at radius 3 is 2.76 bits per heavy atom. The van der Waals surface area contributed by atoms with E-state index in [2.05, 4.69) is 31.2 Å². The minimum Gasteiger partial charge on any atom is -0.368 e. The Hall–Kier alpha value is -1.62. The Bertz CT molecular complexity index is 505. The highest BCUT2D eigenvalue weighted by molar-refractivity contribution is 9.10. The normalized spacial score (nSPS) is 10.3. The van der Waals surface area contributed by atoms with Gasteiger partial charge in [-0.2, -0.15) is 4.98 Å². The van der Waals surface area contributed by atoms with Crippen molar-refractivity contribution < 1.29 is 0 Å². The van der Waals surface area contributed by atoms with Crippen molar-refractivity contribution >= 4 is 33.4 Å². The topological polar surface area (TPSA) is 63.8 Å². The second-order valence-corrected chi connectivity index (χ2v) is 4.76. The van der Waals surface area contributed by atoms with Crippen LogP contribution in [0.4, 0.5) is 17.5 Å². The molecule has 0 aliphatic heterocycles. The molecule has 0 saturated heterocycles. The molecule has 2 aromatic rings. The molecule has 2 rings (SSSR count). The summed E-state index contributed by atoms with van der Waals surface area (Å²) in [7, 11) is 0. The number of hydrogen-bond donors (Lipinski definition) is 2. The molecular weight excluding hydrogens is 280 g/mol. The molecule has 0 aliphatic rings. The van der Waals surface area contributed by atoms with Crippen molar-refractivity contribution in [2.75, 3.05) is 11.1 Å². The van der Waals surface area contributed by atoms with Crippen LogP contribution in [0.15, 0.2) is 28.9 Å². The van der Waals surface area contributed by atoms with Gasteiger partial charge in [0.05, 0.1) is 0 Å². The Morgan fingerprint density at radius 2 is 2.00 bits per heavy atom. The molecule has 17 heavy (non-hydrogen) atoms. The van der Waals surface area contributed by atoms with E-state index in [1.54, 1.807) is 6.20 Å². The average molecular weight is 293 g/mol. The fraction of sp³-hybridized carbons (Fsp3) is 0.167. The molecule has 0 aliphatic carbocycles. The van der Waals surface area contributed by atoms with Crippen LogP contribution in [0.3, 0.4) is 0 Å². The number of rotatable bonds is 2. The molecule has 1 heterocycles. The van der Waals surface area contributed by atoms with E-state index in [1.165, 1.54) is 0 Å². The summed E-state index contributed by atoms with van der Waals surface area (Å²) in [5, 5.41) is 3.26. The fourth-order valence-electron chi connectivity index (χ4n) is 1.44. The van der Waals surface area contributed by atoms with E-state index < -0.39 is 0 Å². The maximum Gasteiger partial charge on any atom is 0.221 e. The maximum atomic E-state index is 5.58. The lowest BCUT2D eigenvalue weighted by molar-refractivity contribution is 1.14. The van der Waals surface area contributed by atoms with Crippen LogP contribution in [0.1, 0.15) is 11.1 Å². The number of halogens is 1. The molecule has 0 spiro atoms. The van der Waals surface area contributed by atoms with Gasteiger partial charge in [0.1, 0.15) is 5.82 Å². The summed E-state index contributed by atoms with van der Waals surface area (Å²) in [5.74, 6) is 1.00. The van der Waals surface area contributed by atoms with Gasteiger partial charge in [0.25, 0.3) is 0 Å². The van der Waals surface area contributed by atoms with Gasteiger partial charge in [-0.15, -0.1) is 0 Å². The van der Waals surface area contributed by atoms with Gasteiger partial charge in [-0.25, -0.2) is 4.98 Å². The van der Waals surface area contributed by atoms with Crippen molar-refractivity contribution in [3.8, 4) is 0 Å². The standard InChI is InChI=1S/C12H13BrN4/c1-7-3-4-9(13)5-10(7)16-11-8(2)6-15-12(14)17-11/h3-6H,1-2H3,(H3,14,15,16,17). The SMILES string of the molecule is Cc1ccc(Br)cc1Nc1nc(N)ncc1C. The van der Waals surface area contributed by atoms with Gasteiger partial charge in [-0.3, -0.25) is 0 Å². The zero-order valence-corrected chi connectivity index (χ0v) is 11.2. The van der Waals surface area contributed by atoms with Gasteiger partial charge >= 0.3 is 0 Å². The molecule has 0 atom stereocenters. The number of nitrogen functional groups attached to an aromatic ring is 1. The molecule has 0 unspecified atom stereocenters. The lowest BCUT2D eigenvalue weighted by atomic mass is 10.2. The predicted octanol–water partition coefficient (Wildman–Crippen LogP) is 3.18. The Kier molecular flexibility index (Phi) is 3.28. The smallest absolute Gasteiger partial charge is 0.221 e. The molecule has 88 valence electrons. The van der Waals surface area contributed by atoms with Crippen LogP contribution in [-0.2, 0) is 0 Å². The van der Waals surface area contributed by atoms with Crippen LogP contribution in [0.25, 0.3) is 0 Å². The summed E-state index contributed by atoms with van der Waals surface area (Å²) in [6.45, 7) is 3.98. The summed E-state index contributed by atoms with van der Waals surface area (Å²) in [6.07, 6.45) is 1.71. The Morgan fingerprint density at radius 1 is 1.24 bits per heavy atom. The third kappa shape index (κ3) is 2.74. The minimum atomic E-state index is 0.269. The number of benzene rings is 1. The monoisotopic (exact) mass is 292 g/mol. The molecule has 5 heteroatoms. The van der Waals surface area contributed by atoms with Gasteiger partial charge in [0, 0.05) is 21.9 Å². The van der Waals surface area contributed by atoms with Crippen LogP contribution in [0.5, 0.6) is 0 Å². The number of anilines is 3. The molecule has 1 aromatic heterocycles. The molecule has 0 amide bonds. The number of nitrogens with two attached hydrogens (primary N) is 1. The predicted molar refractivity (Wildman–Crippen MR) is 73.3 cm³/mol. The Labute approximate surface area is 108 Å². The lowest BCUT2D eigenvalue weighted by Gasteiger charge is -2.11. The summed E-state index contributed by atoms with van der Waals surface area (Å²) in [4.78, 5) is 8.12. The fourth-order valence-corrected chi connectivity index (χ4v) is 1.80. The van der Waals surface area contributed by atoms with Crippen molar-refractivity contribution in [2.24, 2.45) is 0 Å². The van der Waals surface area contributed by atoms with Crippen molar-refractivity contribution in [2.45, 2.75) is 13.8 Å². The van der Waals surface area contributed by atoms with E-state index >= 15 is 0 Å². The zero-order chi connectivity index (χ0) is 12.4. The number of hydrogen-bond acceptors (Lipinski definition) is 4. The van der Waals surface area contributed by atoms with Crippen molar-refractivity contribution in [3.63, 3.8) is 0 Å². The summed E-state index contributed by atoms with van der Waals surface area (Å²) in [5.41, 5.74) is 8.68. The first-order valence-corrected chi connectivity index (χ1v) is 5.98. The van der Waals surface area contributed by atoms with E-state index in [9.17, 15) is 0 Å². The minimum absolute atomic E-state index is 0.269. The molecule has 0 bridgehead atoms. The number of aryl methyl sites for hydroxylation is 2. The second-order valence-electron chi connectivity index (χ2n) is 3.84. The van der Waals surface area contributed by atoms with E-state index in [-0.39, 0.29) is 5.95 Å². The summed E-state index contributed by atoms with van der Waals surface area (Å²) < 4.78 is 1.02. The first-order chi connectivity index (χ1) is 8.06. The van der Waals surface area contributed by atoms with Gasteiger partial charge in [0.2, 0.25) is 5.95 Å². The lowest BCUT2D eigenvalue weighted by Crippen LogP contribution is -2.02. The quantitative estimate of drug-likeness (QED) is 0.892. The van der Waals surface area contributed by atoms with Gasteiger partial charge in [-0.1, -0.05) is 22.0 Å². The number of nitrogens with zero attached hydrogens (tertiary/aromatic N) is 2. The highest BCUT2D eigenvalue weighted by Crippen LogP contribution is 2.25. The summed E-state index contributed by atoms with van der Waals surface area (Å²) >= 11 is 3.45. The number of nitrogens with one attached hydrogen (secondary N) is 1. The third-order valence-electron chi connectivity index (χ3n) is 2.44. The van der Waals surface area contributed by atoms with Crippen molar-refractivity contribution in [1.29, 1.82) is 0 Å². The molecule has 0 radical (unpaired) electrons. The summed E-state index contributed by atoms with van der Waals surface area (Å²) in [6, 6.07) is 6.04.